The minimum Gasteiger partial charge on any atom is -0.448 e. The van der Waals surface area contributed by atoms with E-state index in [9.17, 15) is 0 Å². The Balaban J connectivity index is 1.67. The average molecular weight is 461 g/mol. The van der Waals surface area contributed by atoms with E-state index in [-0.39, 0.29) is 0 Å². The lowest BCUT2D eigenvalue weighted by Gasteiger charge is -2.21. The number of thioether (sulfide) groups is 1. The molecule has 0 saturated carbocycles. The van der Waals surface area contributed by atoms with Crippen LogP contribution in [0.2, 0.25) is 10.0 Å². The highest BCUT2D eigenvalue weighted by Gasteiger charge is 2.28. The zero-order valence-electron chi connectivity index (χ0n) is 16.6. The normalized spacial score (nSPS) is 14.8. The number of hydrogen-bond donors (Lipinski definition) is 1. The Bertz CT molecular complexity index is 1010. The molecule has 1 atom stereocenters. The molecule has 2 heterocycles. The monoisotopic (exact) mass is 460 g/mol. The Morgan fingerprint density at radius 2 is 1.80 bits per heavy atom. The van der Waals surface area contributed by atoms with Crippen LogP contribution >= 0.6 is 35.0 Å². The molecule has 30 heavy (non-hydrogen) atoms. The topological polar surface area (TPSA) is 59.9 Å². The van der Waals surface area contributed by atoms with Gasteiger partial charge in [-0.3, -0.25) is 0 Å². The van der Waals surface area contributed by atoms with E-state index in [0.29, 0.717) is 32.3 Å². The highest BCUT2D eigenvalue weighted by Crippen LogP contribution is 2.42. The maximum atomic E-state index is 6.45. The van der Waals surface area contributed by atoms with Crippen LogP contribution in [0.25, 0.3) is 11.3 Å². The van der Waals surface area contributed by atoms with E-state index < -0.39 is 6.23 Å². The number of anilines is 1. The lowest BCUT2D eigenvalue weighted by atomic mass is 10.1. The van der Waals surface area contributed by atoms with Crippen LogP contribution in [0.5, 0.6) is 5.88 Å². The molecule has 0 unspecified atom stereocenters. The summed E-state index contributed by atoms with van der Waals surface area (Å²) >= 11 is 14.5. The zero-order valence-corrected chi connectivity index (χ0v) is 18.9. The summed E-state index contributed by atoms with van der Waals surface area (Å²) in [7, 11) is 0. The van der Waals surface area contributed by atoms with Crippen molar-refractivity contribution in [2.75, 3.05) is 11.1 Å². The summed E-state index contributed by atoms with van der Waals surface area (Å²) in [6, 6.07) is 13.2. The Kier molecular flexibility index (Phi) is 6.97. The number of fused-ring (bicyclic) bond motifs is 3. The third-order valence-electron chi connectivity index (χ3n) is 4.82. The summed E-state index contributed by atoms with van der Waals surface area (Å²) in [5, 5.41) is 13.8. The number of nitrogens with one attached hydrogen (secondary N) is 1. The maximum Gasteiger partial charge on any atom is 0.247 e. The number of rotatable bonds is 7. The first-order chi connectivity index (χ1) is 14.7. The van der Waals surface area contributed by atoms with Crippen molar-refractivity contribution in [2.45, 2.75) is 44.0 Å². The molecule has 1 N–H and O–H groups in total. The van der Waals surface area contributed by atoms with Gasteiger partial charge in [-0.2, -0.15) is 4.98 Å². The van der Waals surface area contributed by atoms with Crippen molar-refractivity contribution >= 4 is 40.7 Å². The molecular weight excluding hydrogens is 439 g/mol. The lowest BCUT2D eigenvalue weighted by molar-refractivity contribution is 0.225. The van der Waals surface area contributed by atoms with Crippen LogP contribution in [0.15, 0.2) is 47.6 Å². The van der Waals surface area contributed by atoms with Gasteiger partial charge in [0.05, 0.1) is 15.6 Å². The molecule has 0 spiro atoms. The molecule has 156 valence electrons. The molecule has 2 aromatic carbocycles. The van der Waals surface area contributed by atoms with Gasteiger partial charge in [-0.25, -0.2) is 0 Å². The summed E-state index contributed by atoms with van der Waals surface area (Å²) in [5.74, 6) is 1.37. The predicted octanol–water partition coefficient (Wildman–Crippen LogP) is 7.02. The van der Waals surface area contributed by atoms with E-state index in [2.05, 4.69) is 27.4 Å². The van der Waals surface area contributed by atoms with Gasteiger partial charge in [0.2, 0.25) is 17.3 Å². The summed E-state index contributed by atoms with van der Waals surface area (Å²) in [6.45, 7) is 2.21. The fourth-order valence-corrected chi connectivity index (χ4v) is 4.67. The molecule has 0 fully saturated rings. The predicted molar refractivity (Wildman–Crippen MR) is 124 cm³/mol. The largest absolute Gasteiger partial charge is 0.448 e. The number of halogens is 2. The fraction of sp³-hybridized carbons (Fsp3) is 0.318. The second kappa shape index (κ2) is 9.86. The van der Waals surface area contributed by atoms with Crippen LogP contribution in [0.3, 0.4) is 0 Å². The summed E-state index contributed by atoms with van der Waals surface area (Å²) in [6.07, 6.45) is 4.20. The Morgan fingerprint density at radius 3 is 2.60 bits per heavy atom. The third-order valence-corrected chi connectivity index (χ3v) is 6.41. The minimum atomic E-state index is -0.604. The van der Waals surface area contributed by atoms with E-state index in [0.717, 1.165) is 23.4 Å². The molecule has 0 bridgehead atoms. The van der Waals surface area contributed by atoms with Crippen molar-refractivity contribution in [3.05, 3.63) is 58.1 Å². The lowest BCUT2D eigenvalue weighted by Crippen LogP contribution is -2.18. The quantitative estimate of drug-likeness (QED) is 0.301. The molecule has 3 aromatic rings. The number of para-hydroxylation sites is 1. The van der Waals surface area contributed by atoms with E-state index >= 15 is 0 Å². The molecule has 4 rings (SSSR count). The maximum absolute atomic E-state index is 6.45. The van der Waals surface area contributed by atoms with E-state index in [1.54, 1.807) is 23.9 Å². The zero-order chi connectivity index (χ0) is 20.9. The molecule has 0 radical (unpaired) electrons. The summed E-state index contributed by atoms with van der Waals surface area (Å²) < 4.78 is 6.27. The van der Waals surface area contributed by atoms with Gasteiger partial charge in [0.25, 0.3) is 0 Å². The van der Waals surface area contributed by atoms with Crippen molar-refractivity contribution < 1.29 is 4.74 Å². The Labute approximate surface area is 190 Å². The van der Waals surface area contributed by atoms with Crippen molar-refractivity contribution in [3.8, 4) is 17.1 Å². The van der Waals surface area contributed by atoms with E-state index in [1.165, 1.54) is 19.3 Å². The Hall–Kier alpha value is -2.02. The van der Waals surface area contributed by atoms with Crippen LogP contribution < -0.4 is 10.1 Å². The summed E-state index contributed by atoms with van der Waals surface area (Å²) in [4.78, 5) is 4.67. The van der Waals surface area contributed by atoms with Crippen LogP contribution in [0, 0.1) is 0 Å². The van der Waals surface area contributed by atoms with Crippen molar-refractivity contribution in [1.29, 1.82) is 0 Å². The van der Waals surface area contributed by atoms with E-state index in [4.69, 9.17) is 27.9 Å². The number of ether oxygens (including phenoxy) is 1. The molecule has 1 aliphatic rings. The third kappa shape index (κ3) is 4.66. The van der Waals surface area contributed by atoms with Crippen LogP contribution in [-0.2, 0) is 0 Å². The van der Waals surface area contributed by atoms with Crippen LogP contribution in [-0.4, -0.2) is 20.9 Å². The van der Waals surface area contributed by atoms with Gasteiger partial charge in [-0.15, -0.1) is 10.2 Å². The molecule has 5 nitrogen and oxygen atoms in total. The molecule has 0 amide bonds. The first kappa shape index (κ1) is 21.2. The molecule has 1 aliphatic heterocycles. The highest BCUT2D eigenvalue weighted by molar-refractivity contribution is 7.99. The van der Waals surface area contributed by atoms with Crippen LogP contribution in [0.4, 0.5) is 5.69 Å². The number of benzene rings is 2. The van der Waals surface area contributed by atoms with Crippen LogP contribution in [0.1, 0.15) is 44.4 Å². The SMILES string of the molecule is CCCCCCSc1nnc2c(n1)O[C@@H](c1c(Cl)cccc1Cl)Nc1ccccc1-2. The molecule has 8 heteroatoms. The van der Waals surface area contributed by atoms with Gasteiger partial charge < -0.3 is 10.1 Å². The summed E-state index contributed by atoms with van der Waals surface area (Å²) in [5.41, 5.74) is 2.99. The van der Waals surface area contributed by atoms with Gasteiger partial charge >= 0.3 is 0 Å². The minimum absolute atomic E-state index is 0.416. The molecule has 0 aliphatic carbocycles. The number of hydrogen-bond acceptors (Lipinski definition) is 6. The molecule has 1 aromatic heterocycles. The van der Waals surface area contributed by atoms with Gasteiger partial charge in [0.15, 0.2) is 5.69 Å². The van der Waals surface area contributed by atoms with Crippen molar-refractivity contribution in [3.63, 3.8) is 0 Å². The number of unbranched alkanes of at least 4 members (excludes halogenated alkanes) is 3. The van der Waals surface area contributed by atoms with Gasteiger partial charge in [0, 0.05) is 17.0 Å². The standard InChI is InChI=1S/C22H22Cl2N4OS/c1-2-3-4-7-13-30-22-26-21-19(27-28-22)14-9-5-6-12-17(14)25-20(29-21)18-15(23)10-8-11-16(18)24/h5-6,8-12,20,25H,2-4,7,13H2,1H3/t20-/m0/s1. The first-order valence-corrected chi connectivity index (χ1v) is 11.8. The fourth-order valence-electron chi connectivity index (χ4n) is 3.29. The smallest absolute Gasteiger partial charge is 0.247 e. The Morgan fingerprint density at radius 1 is 1.00 bits per heavy atom. The van der Waals surface area contributed by atoms with Crippen molar-refractivity contribution in [1.82, 2.24) is 15.2 Å². The molecular formula is C22H22Cl2N4OS. The second-order valence-corrected chi connectivity index (χ2v) is 8.86. The van der Waals surface area contributed by atoms with Gasteiger partial charge in [0.1, 0.15) is 0 Å². The first-order valence-electron chi connectivity index (χ1n) is 10.0. The second-order valence-electron chi connectivity index (χ2n) is 6.98. The van der Waals surface area contributed by atoms with Crippen molar-refractivity contribution in [2.24, 2.45) is 0 Å². The molecule has 0 saturated heterocycles. The number of nitrogens with zero attached hydrogens (tertiary/aromatic N) is 3. The average Bonchev–Trinajstić information content (AvgIpc) is 2.90. The van der Waals surface area contributed by atoms with E-state index in [1.807, 2.05) is 30.3 Å². The number of aromatic nitrogens is 3. The van der Waals surface area contributed by atoms with Gasteiger partial charge in [-0.1, -0.05) is 85.4 Å². The highest BCUT2D eigenvalue weighted by atomic mass is 35.5. The van der Waals surface area contributed by atoms with Gasteiger partial charge in [-0.05, 0) is 24.6 Å².